The van der Waals surface area contributed by atoms with Crippen molar-refractivity contribution in [3.05, 3.63) is 0 Å². The SMILES string of the molecule is O=S(=O)(O)CC1OC(O)C(O)C1O. The summed E-state index contributed by atoms with van der Waals surface area (Å²) in [7, 11) is -4.29. The average Bonchev–Trinajstić information content (AvgIpc) is 2.15. The van der Waals surface area contributed by atoms with Crippen LogP contribution in [0.4, 0.5) is 0 Å². The van der Waals surface area contributed by atoms with Gasteiger partial charge in [0, 0.05) is 0 Å². The van der Waals surface area contributed by atoms with Crippen molar-refractivity contribution in [2.24, 2.45) is 0 Å². The highest BCUT2D eigenvalue weighted by Gasteiger charge is 2.43. The zero-order chi connectivity index (χ0) is 10.2. The summed E-state index contributed by atoms with van der Waals surface area (Å²) in [6.07, 6.45) is -5.99. The first kappa shape index (κ1) is 10.8. The molecule has 8 heteroatoms. The van der Waals surface area contributed by atoms with Crippen molar-refractivity contribution in [2.45, 2.75) is 24.6 Å². The summed E-state index contributed by atoms with van der Waals surface area (Å²) in [4.78, 5) is 0. The molecule has 4 N–H and O–H groups in total. The summed E-state index contributed by atoms with van der Waals surface area (Å²) < 4.78 is 33.6. The van der Waals surface area contributed by atoms with Crippen molar-refractivity contribution in [3.8, 4) is 0 Å². The second-order valence-electron chi connectivity index (χ2n) is 2.79. The van der Waals surface area contributed by atoms with Crippen molar-refractivity contribution in [3.63, 3.8) is 0 Å². The number of hydrogen-bond acceptors (Lipinski definition) is 6. The minimum Gasteiger partial charge on any atom is -0.387 e. The standard InChI is InChI=1S/C5H10O7S/c6-3-2(1-13(9,10)11)12-5(8)4(3)7/h2-8H,1H2,(H,9,10,11). The van der Waals surface area contributed by atoms with Gasteiger partial charge < -0.3 is 20.1 Å². The van der Waals surface area contributed by atoms with Crippen LogP contribution < -0.4 is 0 Å². The summed E-state index contributed by atoms with van der Waals surface area (Å²) in [6.45, 7) is 0. The van der Waals surface area contributed by atoms with E-state index in [9.17, 15) is 8.42 Å². The molecule has 0 bridgehead atoms. The molecule has 0 aliphatic carbocycles. The third-order valence-electron chi connectivity index (χ3n) is 1.71. The second-order valence-corrected chi connectivity index (χ2v) is 4.29. The lowest BCUT2D eigenvalue weighted by atomic mass is 10.2. The van der Waals surface area contributed by atoms with Gasteiger partial charge in [-0.25, -0.2) is 0 Å². The van der Waals surface area contributed by atoms with Gasteiger partial charge in [-0.1, -0.05) is 0 Å². The molecular weight excluding hydrogens is 204 g/mol. The van der Waals surface area contributed by atoms with E-state index in [1.165, 1.54) is 0 Å². The normalized spacial score (nSPS) is 40.9. The van der Waals surface area contributed by atoms with Crippen LogP contribution in [-0.2, 0) is 14.9 Å². The Morgan fingerprint density at radius 3 is 2.00 bits per heavy atom. The summed E-state index contributed by atoms with van der Waals surface area (Å²) in [5.74, 6) is -0.859. The topological polar surface area (TPSA) is 124 Å². The lowest BCUT2D eigenvalue weighted by molar-refractivity contribution is -0.123. The van der Waals surface area contributed by atoms with E-state index in [4.69, 9.17) is 19.9 Å². The third-order valence-corrected chi connectivity index (χ3v) is 2.46. The van der Waals surface area contributed by atoms with Crippen molar-refractivity contribution in [1.29, 1.82) is 0 Å². The fourth-order valence-electron chi connectivity index (χ4n) is 1.07. The largest absolute Gasteiger partial charge is 0.387 e. The van der Waals surface area contributed by atoms with E-state index in [2.05, 4.69) is 4.74 Å². The molecular formula is C5H10O7S. The number of hydrogen-bond donors (Lipinski definition) is 4. The van der Waals surface area contributed by atoms with E-state index < -0.39 is 40.5 Å². The number of rotatable bonds is 2. The minimum absolute atomic E-state index is 0.859. The van der Waals surface area contributed by atoms with Crippen molar-refractivity contribution in [1.82, 2.24) is 0 Å². The molecule has 0 spiro atoms. The van der Waals surface area contributed by atoms with E-state index in [-0.39, 0.29) is 0 Å². The lowest BCUT2D eigenvalue weighted by Gasteiger charge is -2.11. The van der Waals surface area contributed by atoms with Gasteiger partial charge >= 0.3 is 0 Å². The van der Waals surface area contributed by atoms with Crippen LogP contribution in [0.3, 0.4) is 0 Å². The van der Waals surface area contributed by atoms with E-state index in [1.54, 1.807) is 0 Å². The average molecular weight is 214 g/mol. The second kappa shape index (κ2) is 3.48. The van der Waals surface area contributed by atoms with E-state index in [0.29, 0.717) is 0 Å². The molecule has 0 radical (unpaired) electrons. The van der Waals surface area contributed by atoms with Gasteiger partial charge in [0.1, 0.15) is 24.1 Å². The molecule has 4 atom stereocenters. The zero-order valence-electron chi connectivity index (χ0n) is 6.44. The van der Waals surface area contributed by atoms with Crippen LogP contribution >= 0.6 is 0 Å². The Kier molecular flexibility index (Phi) is 2.90. The number of aliphatic hydroxyl groups is 3. The Bertz CT molecular complexity index is 273. The van der Waals surface area contributed by atoms with E-state index >= 15 is 0 Å². The molecule has 0 saturated carbocycles. The number of ether oxygens (including phenoxy) is 1. The van der Waals surface area contributed by atoms with Crippen molar-refractivity contribution < 1.29 is 33.0 Å². The molecule has 0 amide bonds. The first-order valence-corrected chi connectivity index (χ1v) is 5.07. The molecule has 1 saturated heterocycles. The summed E-state index contributed by atoms with van der Waals surface area (Å²) in [6, 6.07) is 0. The fraction of sp³-hybridized carbons (Fsp3) is 1.00. The highest BCUT2D eigenvalue weighted by Crippen LogP contribution is 2.20. The van der Waals surface area contributed by atoms with Gasteiger partial charge in [-0.2, -0.15) is 8.42 Å². The van der Waals surface area contributed by atoms with Crippen LogP contribution in [0.15, 0.2) is 0 Å². The van der Waals surface area contributed by atoms with Gasteiger partial charge in [-0.05, 0) is 0 Å². The van der Waals surface area contributed by atoms with Gasteiger partial charge in [0.25, 0.3) is 10.1 Å². The lowest BCUT2D eigenvalue weighted by Crippen LogP contribution is -2.35. The Morgan fingerprint density at radius 2 is 1.69 bits per heavy atom. The maximum atomic E-state index is 10.3. The van der Waals surface area contributed by atoms with Crippen LogP contribution in [0.25, 0.3) is 0 Å². The van der Waals surface area contributed by atoms with Crippen LogP contribution in [0.1, 0.15) is 0 Å². The Balaban J connectivity index is 2.64. The summed E-state index contributed by atoms with van der Waals surface area (Å²) in [5.41, 5.74) is 0. The predicted octanol–water partition coefficient (Wildman–Crippen LogP) is -2.69. The van der Waals surface area contributed by atoms with Gasteiger partial charge in [0.15, 0.2) is 6.29 Å². The fourth-order valence-corrected chi connectivity index (χ4v) is 1.77. The molecule has 1 fully saturated rings. The highest BCUT2D eigenvalue weighted by molar-refractivity contribution is 7.85. The summed E-state index contributed by atoms with van der Waals surface area (Å²) >= 11 is 0. The molecule has 0 aromatic heterocycles. The molecule has 1 heterocycles. The van der Waals surface area contributed by atoms with Gasteiger partial charge in [0.05, 0.1) is 0 Å². The van der Waals surface area contributed by atoms with E-state index in [0.717, 1.165) is 0 Å². The van der Waals surface area contributed by atoms with Crippen LogP contribution in [-0.4, -0.2) is 58.6 Å². The van der Waals surface area contributed by atoms with Crippen LogP contribution in [0, 0.1) is 0 Å². The van der Waals surface area contributed by atoms with Crippen molar-refractivity contribution in [2.75, 3.05) is 5.75 Å². The van der Waals surface area contributed by atoms with Gasteiger partial charge in [-0.15, -0.1) is 0 Å². The first-order valence-electron chi connectivity index (χ1n) is 3.46. The Morgan fingerprint density at radius 1 is 1.15 bits per heavy atom. The maximum absolute atomic E-state index is 10.3. The van der Waals surface area contributed by atoms with Gasteiger partial charge in [0.2, 0.25) is 0 Å². The maximum Gasteiger partial charge on any atom is 0.267 e. The van der Waals surface area contributed by atoms with E-state index in [1.807, 2.05) is 0 Å². The molecule has 1 rings (SSSR count). The Labute approximate surface area is 74.3 Å². The molecule has 7 nitrogen and oxygen atoms in total. The molecule has 0 aromatic carbocycles. The number of aliphatic hydroxyl groups excluding tert-OH is 3. The first-order chi connectivity index (χ1) is 5.81. The highest BCUT2D eigenvalue weighted by atomic mass is 32.2. The smallest absolute Gasteiger partial charge is 0.267 e. The summed E-state index contributed by atoms with van der Waals surface area (Å²) in [5, 5.41) is 26.8. The van der Waals surface area contributed by atoms with Crippen LogP contribution in [0.2, 0.25) is 0 Å². The molecule has 1 aliphatic heterocycles. The van der Waals surface area contributed by atoms with Crippen LogP contribution in [0.5, 0.6) is 0 Å². The quantitative estimate of drug-likeness (QED) is 0.369. The minimum atomic E-state index is -4.29. The zero-order valence-corrected chi connectivity index (χ0v) is 7.25. The Hall–Kier alpha value is -0.250. The molecule has 4 unspecified atom stereocenters. The third kappa shape index (κ3) is 2.59. The monoisotopic (exact) mass is 214 g/mol. The molecule has 78 valence electrons. The molecule has 1 aliphatic rings. The van der Waals surface area contributed by atoms with Crippen molar-refractivity contribution >= 4 is 10.1 Å². The van der Waals surface area contributed by atoms with Gasteiger partial charge in [-0.3, -0.25) is 4.55 Å². The molecule has 13 heavy (non-hydrogen) atoms. The molecule has 0 aromatic rings. The predicted molar refractivity (Wildman–Crippen MR) is 39.3 cm³/mol.